The zero-order valence-electron chi connectivity index (χ0n) is 11.0. The van der Waals surface area contributed by atoms with E-state index in [1.165, 1.54) is 0 Å². The summed E-state index contributed by atoms with van der Waals surface area (Å²) in [5.74, 6) is 1.43. The molecule has 3 heteroatoms. The van der Waals surface area contributed by atoms with Crippen LogP contribution in [0.15, 0.2) is 59.1 Å². The highest BCUT2D eigenvalue weighted by Gasteiger charge is 2.05. The van der Waals surface area contributed by atoms with E-state index >= 15 is 0 Å². The molecule has 0 bridgehead atoms. The Morgan fingerprint density at radius 3 is 1.95 bits per heavy atom. The van der Waals surface area contributed by atoms with E-state index in [1.807, 2.05) is 55.5 Å². The molecule has 0 radical (unpaired) electrons. The monoisotopic (exact) mass is 263 g/mol. The maximum absolute atomic E-state index is 10.6. The number of aryl methyl sites for hydroxylation is 1. The van der Waals surface area contributed by atoms with Crippen molar-refractivity contribution in [2.45, 2.75) is 6.92 Å². The molecule has 0 saturated heterocycles. The van der Waals surface area contributed by atoms with Crippen LogP contribution in [0.4, 0.5) is 0 Å². The number of aromatic nitrogens is 1. The first-order valence-corrected chi connectivity index (χ1v) is 6.35. The molecular weight excluding hydrogens is 250 g/mol. The average Bonchev–Trinajstić information content (AvgIpc) is 2.94. The van der Waals surface area contributed by atoms with Crippen molar-refractivity contribution in [2.75, 3.05) is 0 Å². The molecule has 98 valence electrons. The fourth-order valence-electron chi connectivity index (χ4n) is 2.05. The highest BCUT2D eigenvalue weighted by molar-refractivity contribution is 5.77. The predicted molar refractivity (Wildman–Crippen MR) is 77.5 cm³/mol. The Kier molecular flexibility index (Phi) is 3.17. The van der Waals surface area contributed by atoms with Crippen molar-refractivity contribution < 1.29 is 9.21 Å². The summed E-state index contributed by atoms with van der Waals surface area (Å²) in [5.41, 5.74) is 3.80. The van der Waals surface area contributed by atoms with Crippen LogP contribution in [0.3, 0.4) is 0 Å². The molecule has 3 rings (SSSR count). The van der Waals surface area contributed by atoms with Gasteiger partial charge in [0, 0.05) is 11.1 Å². The highest BCUT2D eigenvalue weighted by Crippen LogP contribution is 2.24. The van der Waals surface area contributed by atoms with E-state index in [9.17, 15) is 4.79 Å². The Bertz CT molecular complexity index is 724. The maximum Gasteiger partial charge on any atom is 0.226 e. The van der Waals surface area contributed by atoms with E-state index in [0.717, 1.165) is 28.7 Å². The fraction of sp³-hybridized carbons (Fsp3) is 0.0588. The lowest BCUT2D eigenvalue weighted by Gasteiger charge is -2.03. The van der Waals surface area contributed by atoms with Crippen LogP contribution in [-0.2, 0) is 0 Å². The first-order valence-electron chi connectivity index (χ1n) is 6.35. The van der Waals surface area contributed by atoms with Gasteiger partial charge < -0.3 is 4.42 Å². The molecule has 0 saturated carbocycles. The fourth-order valence-corrected chi connectivity index (χ4v) is 2.05. The van der Waals surface area contributed by atoms with Crippen LogP contribution in [0.25, 0.3) is 22.6 Å². The predicted octanol–water partition coefficient (Wildman–Crippen LogP) is 4.13. The molecule has 2 aromatic carbocycles. The summed E-state index contributed by atoms with van der Waals surface area (Å²) in [6, 6.07) is 15.5. The SMILES string of the molecule is Cc1cnc(-c2ccc(-c3ccc(C=O)cc3)cc2)o1. The second-order valence-corrected chi connectivity index (χ2v) is 4.59. The van der Waals surface area contributed by atoms with Gasteiger partial charge in [-0.3, -0.25) is 4.79 Å². The number of carbonyl (C=O) groups excluding carboxylic acids is 1. The minimum absolute atomic E-state index is 0.630. The summed E-state index contributed by atoms with van der Waals surface area (Å²) in [4.78, 5) is 14.8. The summed E-state index contributed by atoms with van der Waals surface area (Å²) in [6.07, 6.45) is 2.55. The van der Waals surface area contributed by atoms with E-state index in [1.54, 1.807) is 6.20 Å². The molecule has 1 heterocycles. The Labute approximate surface area is 116 Å². The van der Waals surface area contributed by atoms with Crippen molar-refractivity contribution in [2.24, 2.45) is 0 Å². The molecule has 1 aromatic heterocycles. The molecule has 0 spiro atoms. The third-order valence-electron chi connectivity index (χ3n) is 3.13. The molecule has 0 aliphatic heterocycles. The van der Waals surface area contributed by atoms with Crippen LogP contribution in [-0.4, -0.2) is 11.3 Å². The first-order chi connectivity index (χ1) is 9.76. The van der Waals surface area contributed by atoms with Crippen LogP contribution in [0.1, 0.15) is 16.1 Å². The second kappa shape index (κ2) is 5.13. The molecule has 0 unspecified atom stereocenters. The van der Waals surface area contributed by atoms with Crippen LogP contribution in [0, 0.1) is 6.92 Å². The lowest BCUT2D eigenvalue weighted by Crippen LogP contribution is -1.82. The minimum Gasteiger partial charge on any atom is -0.441 e. The van der Waals surface area contributed by atoms with Gasteiger partial charge in [-0.1, -0.05) is 36.4 Å². The number of nitrogens with zero attached hydrogens (tertiary/aromatic N) is 1. The zero-order valence-corrected chi connectivity index (χ0v) is 11.0. The Morgan fingerprint density at radius 2 is 1.45 bits per heavy atom. The van der Waals surface area contributed by atoms with Crippen LogP contribution in [0.2, 0.25) is 0 Å². The van der Waals surface area contributed by atoms with Crippen molar-refractivity contribution >= 4 is 6.29 Å². The lowest BCUT2D eigenvalue weighted by atomic mass is 10.0. The van der Waals surface area contributed by atoms with Crippen molar-refractivity contribution in [3.63, 3.8) is 0 Å². The largest absolute Gasteiger partial charge is 0.441 e. The smallest absolute Gasteiger partial charge is 0.226 e. The Hall–Kier alpha value is -2.68. The quantitative estimate of drug-likeness (QED) is 0.667. The number of benzene rings is 2. The van der Waals surface area contributed by atoms with E-state index in [4.69, 9.17) is 4.42 Å². The molecule has 0 atom stereocenters. The van der Waals surface area contributed by atoms with E-state index in [2.05, 4.69) is 4.98 Å². The number of oxazole rings is 1. The summed E-state index contributed by atoms with van der Waals surface area (Å²) in [5, 5.41) is 0. The van der Waals surface area contributed by atoms with Crippen molar-refractivity contribution in [1.82, 2.24) is 4.98 Å². The van der Waals surface area contributed by atoms with Crippen molar-refractivity contribution in [1.29, 1.82) is 0 Å². The lowest BCUT2D eigenvalue weighted by molar-refractivity contribution is 0.112. The third kappa shape index (κ3) is 2.38. The van der Waals surface area contributed by atoms with Gasteiger partial charge >= 0.3 is 0 Å². The molecule has 0 amide bonds. The molecule has 3 aromatic rings. The Balaban J connectivity index is 1.90. The minimum atomic E-state index is 0.630. The van der Waals surface area contributed by atoms with E-state index < -0.39 is 0 Å². The number of carbonyl (C=O) groups is 1. The summed E-state index contributed by atoms with van der Waals surface area (Å²) >= 11 is 0. The molecule has 20 heavy (non-hydrogen) atoms. The molecule has 0 aliphatic rings. The number of aldehydes is 1. The highest BCUT2D eigenvalue weighted by atomic mass is 16.4. The topological polar surface area (TPSA) is 43.1 Å². The average molecular weight is 263 g/mol. The third-order valence-corrected chi connectivity index (χ3v) is 3.13. The Morgan fingerprint density at radius 1 is 0.900 bits per heavy atom. The van der Waals surface area contributed by atoms with Crippen LogP contribution >= 0.6 is 0 Å². The van der Waals surface area contributed by atoms with Gasteiger partial charge in [0.15, 0.2) is 0 Å². The molecule has 0 fully saturated rings. The van der Waals surface area contributed by atoms with Crippen molar-refractivity contribution in [3.05, 3.63) is 66.1 Å². The molecule has 0 aliphatic carbocycles. The molecule has 3 nitrogen and oxygen atoms in total. The van der Waals surface area contributed by atoms with Gasteiger partial charge in [-0.25, -0.2) is 4.98 Å². The van der Waals surface area contributed by atoms with Gasteiger partial charge in [0.25, 0.3) is 0 Å². The number of rotatable bonds is 3. The number of hydrogen-bond donors (Lipinski definition) is 0. The van der Waals surface area contributed by atoms with Gasteiger partial charge in [0.1, 0.15) is 12.0 Å². The van der Waals surface area contributed by atoms with Gasteiger partial charge in [0.2, 0.25) is 5.89 Å². The van der Waals surface area contributed by atoms with Gasteiger partial charge in [-0.2, -0.15) is 0 Å². The van der Waals surface area contributed by atoms with Gasteiger partial charge in [0.05, 0.1) is 6.20 Å². The zero-order chi connectivity index (χ0) is 13.9. The summed E-state index contributed by atoms with van der Waals surface area (Å²) < 4.78 is 5.50. The van der Waals surface area contributed by atoms with E-state index in [0.29, 0.717) is 11.5 Å². The van der Waals surface area contributed by atoms with Crippen LogP contribution in [0.5, 0.6) is 0 Å². The normalized spacial score (nSPS) is 10.4. The van der Waals surface area contributed by atoms with Crippen LogP contribution < -0.4 is 0 Å². The van der Waals surface area contributed by atoms with E-state index in [-0.39, 0.29) is 0 Å². The first kappa shape index (κ1) is 12.4. The maximum atomic E-state index is 10.6. The summed E-state index contributed by atoms with van der Waals surface area (Å²) in [7, 11) is 0. The van der Waals surface area contributed by atoms with Crippen molar-refractivity contribution in [3.8, 4) is 22.6 Å². The number of hydrogen-bond acceptors (Lipinski definition) is 3. The molecular formula is C17H13NO2. The standard InChI is InChI=1S/C17H13NO2/c1-12-10-18-17(20-12)16-8-6-15(7-9-16)14-4-2-13(11-19)3-5-14/h2-11H,1H3. The van der Waals surface area contributed by atoms with Gasteiger partial charge in [-0.05, 0) is 30.2 Å². The summed E-state index contributed by atoms with van der Waals surface area (Å²) in [6.45, 7) is 1.87. The second-order valence-electron chi connectivity index (χ2n) is 4.59. The van der Waals surface area contributed by atoms with Gasteiger partial charge in [-0.15, -0.1) is 0 Å². The molecule has 0 N–H and O–H groups in total.